The SMILES string of the molecule is CN(CC(=O)O)c1cc(N2CCCCC2CO)ncn1. The minimum atomic E-state index is -0.904. The molecule has 1 atom stereocenters. The highest BCUT2D eigenvalue weighted by Gasteiger charge is 2.23. The normalized spacial score (nSPS) is 18.9. The fraction of sp³-hybridized carbons (Fsp3) is 0.615. The quantitative estimate of drug-likeness (QED) is 0.804. The second kappa shape index (κ2) is 6.51. The molecule has 1 aromatic heterocycles. The van der Waals surface area contributed by atoms with E-state index in [2.05, 4.69) is 14.9 Å². The van der Waals surface area contributed by atoms with Gasteiger partial charge in [0.25, 0.3) is 0 Å². The average Bonchev–Trinajstić information content (AvgIpc) is 2.46. The number of aliphatic carboxylic acids is 1. The first-order chi connectivity index (χ1) is 9.61. The van der Waals surface area contributed by atoms with E-state index in [-0.39, 0.29) is 19.2 Å². The number of piperidine rings is 1. The third kappa shape index (κ3) is 3.36. The van der Waals surface area contributed by atoms with Gasteiger partial charge in [0.1, 0.15) is 24.5 Å². The number of rotatable bonds is 5. The summed E-state index contributed by atoms with van der Waals surface area (Å²) in [5, 5.41) is 18.3. The van der Waals surface area contributed by atoms with Gasteiger partial charge in [-0.05, 0) is 19.3 Å². The van der Waals surface area contributed by atoms with E-state index < -0.39 is 5.97 Å². The summed E-state index contributed by atoms with van der Waals surface area (Å²) >= 11 is 0. The molecule has 1 aromatic rings. The number of hydrogen-bond donors (Lipinski definition) is 2. The van der Waals surface area contributed by atoms with E-state index in [9.17, 15) is 9.90 Å². The molecule has 2 N–H and O–H groups in total. The molecular weight excluding hydrogens is 260 g/mol. The van der Waals surface area contributed by atoms with Crippen LogP contribution >= 0.6 is 0 Å². The Balaban J connectivity index is 2.17. The topological polar surface area (TPSA) is 89.8 Å². The predicted octanol–water partition coefficient (Wildman–Crippen LogP) is 0.349. The highest BCUT2D eigenvalue weighted by atomic mass is 16.4. The zero-order valence-electron chi connectivity index (χ0n) is 11.6. The zero-order valence-corrected chi connectivity index (χ0v) is 11.6. The van der Waals surface area contributed by atoms with Crippen molar-refractivity contribution < 1.29 is 15.0 Å². The molecule has 2 heterocycles. The van der Waals surface area contributed by atoms with E-state index in [1.54, 1.807) is 18.0 Å². The second-order valence-corrected chi connectivity index (χ2v) is 5.01. The molecule has 7 heteroatoms. The fourth-order valence-electron chi connectivity index (χ4n) is 2.48. The number of carboxylic acids is 1. The Morgan fingerprint density at radius 2 is 2.30 bits per heavy atom. The van der Waals surface area contributed by atoms with Crippen LogP contribution in [-0.4, -0.2) is 58.9 Å². The maximum absolute atomic E-state index is 10.7. The number of carboxylic acid groups (broad SMARTS) is 1. The lowest BCUT2D eigenvalue weighted by Crippen LogP contribution is -2.42. The molecule has 0 aliphatic carbocycles. The van der Waals surface area contributed by atoms with Gasteiger partial charge in [0.15, 0.2) is 0 Å². The Kier molecular flexibility index (Phi) is 4.73. The van der Waals surface area contributed by atoms with Crippen LogP contribution in [0.5, 0.6) is 0 Å². The van der Waals surface area contributed by atoms with Gasteiger partial charge in [0.2, 0.25) is 0 Å². The predicted molar refractivity (Wildman–Crippen MR) is 75.0 cm³/mol. The number of aliphatic hydroxyl groups is 1. The summed E-state index contributed by atoms with van der Waals surface area (Å²) in [6, 6.07) is 1.85. The van der Waals surface area contributed by atoms with Crippen LogP contribution in [0.4, 0.5) is 11.6 Å². The molecule has 0 bridgehead atoms. The molecule has 1 aliphatic heterocycles. The van der Waals surface area contributed by atoms with Gasteiger partial charge in [-0.1, -0.05) is 0 Å². The number of nitrogens with zero attached hydrogens (tertiary/aromatic N) is 4. The minimum absolute atomic E-state index is 0.0799. The molecule has 7 nitrogen and oxygen atoms in total. The van der Waals surface area contributed by atoms with Crippen LogP contribution in [0.3, 0.4) is 0 Å². The third-order valence-electron chi connectivity index (χ3n) is 3.53. The van der Waals surface area contributed by atoms with Crippen molar-refractivity contribution in [1.82, 2.24) is 9.97 Å². The monoisotopic (exact) mass is 280 g/mol. The molecule has 1 fully saturated rings. The lowest BCUT2D eigenvalue weighted by Gasteiger charge is -2.35. The molecule has 0 spiro atoms. The molecule has 0 saturated carbocycles. The summed E-state index contributed by atoms with van der Waals surface area (Å²) in [5.74, 6) is 0.407. The van der Waals surface area contributed by atoms with Crippen molar-refractivity contribution in [3.8, 4) is 0 Å². The van der Waals surface area contributed by atoms with Gasteiger partial charge in [0.05, 0.1) is 12.6 Å². The first kappa shape index (κ1) is 14.5. The highest BCUT2D eigenvalue weighted by molar-refractivity contribution is 5.73. The zero-order chi connectivity index (χ0) is 14.5. The van der Waals surface area contributed by atoms with Crippen LogP contribution in [-0.2, 0) is 4.79 Å². The molecule has 1 saturated heterocycles. The van der Waals surface area contributed by atoms with Crippen LogP contribution in [0.1, 0.15) is 19.3 Å². The van der Waals surface area contributed by atoms with Crippen molar-refractivity contribution in [3.05, 3.63) is 12.4 Å². The van der Waals surface area contributed by atoms with Crippen molar-refractivity contribution in [1.29, 1.82) is 0 Å². The lowest BCUT2D eigenvalue weighted by atomic mass is 10.0. The summed E-state index contributed by atoms with van der Waals surface area (Å²) in [5.41, 5.74) is 0. The van der Waals surface area contributed by atoms with Crippen LogP contribution in [0.25, 0.3) is 0 Å². The van der Waals surface area contributed by atoms with Crippen LogP contribution in [0.15, 0.2) is 12.4 Å². The van der Waals surface area contributed by atoms with Crippen molar-refractivity contribution in [3.63, 3.8) is 0 Å². The van der Waals surface area contributed by atoms with Gasteiger partial charge in [0, 0.05) is 19.7 Å². The number of aromatic nitrogens is 2. The van der Waals surface area contributed by atoms with E-state index in [4.69, 9.17) is 5.11 Å². The number of hydrogen-bond acceptors (Lipinski definition) is 6. The van der Waals surface area contributed by atoms with Gasteiger partial charge in [-0.15, -0.1) is 0 Å². The van der Waals surface area contributed by atoms with E-state index in [0.717, 1.165) is 31.6 Å². The second-order valence-electron chi connectivity index (χ2n) is 5.01. The van der Waals surface area contributed by atoms with E-state index in [0.29, 0.717) is 5.82 Å². The first-order valence-corrected chi connectivity index (χ1v) is 6.74. The van der Waals surface area contributed by atoms with Crippen LogP contribution in [0, 0.1) is 0 Å². The Bertz CT molecular complexity index is 469. The van der Waals surface area contributed by atoms with Gasteiger partial charge in [-0.2, -0.15) is 0 Å². The number of carbonyl (C=O) groups is 1. The third-order valence-corrected chi connectivity index (χ3v) is 3.53. The number of aliphatic hydroxyl groups excluding tert-OH is 1. The summed E-state index contributed by atoms with van der Waals surface area (Å²) in [4.78, 5) is 22.7. The number of likely N-dealkylation sites (N-methyl/N-ethyl adjacent to an activating group) is 1. The average molecular weight is 280 g/mol. The van der Waals surface area contributed by atoms with Gasteiger partial charge >= 0.3 is 5.97 Å². The molecule has 20 heavy (non-hydrogen) atoms. The summed E-state index contributed by atoms with van der Waals surface area (Å²) in [7, 11) is 1.68. The Morgan fingerprint density at radius 3 is 3.00 bits per heavy atom. The Labute approximate surface area is 117 Å². The van der Waals surface area contributed by atoms with Gasteiger partial charge < -0.3 is 20.0 Å². The van der Waals surface area contributed by atoms with Crippen molar-refractivity contribution >= 4 is 17.6 Å². The van der Waals surface area contributed by atoms with Crippen molar-refractivity contribution in [2.24, 2.45) is 0 Å². The van der Waals surface area contributed by atoms with Crippen LogP contribution in [0.2, 0.25) is 0 Å². The molecule has 1 aliphatic rings. The van der Waals surface area contributed by atoms with Gasteiger partial charge in [-0.25, -0.2) is 9.97 Å². The largest absolute Gasteiger partial charge is 0.480 e. The maximum atomic E-state index is 10.7. The summed E-state index contributed by atoms with van der Waals surface area (Å²) < 4.78 is 0. The van der Waals surface area contributed by atoms with E-state index in [1.165, 1.54) is 6.33 Å². The van der Waals surface area contributed by atoms with Crippen molar-refractivity contribution in [2.75, 3.05) is 36.5 Å². The van der Waals surface area contributed by atoms with Gasteiger partial charge in [-0.3, -0.25) is 4.79 Å². The molecular formula is C13H20N4O3. The van der Waals surface area contributed by atoms with Crippen molar-refractivity contribution in [2.45, 2.75) is 25.3 Å². The Morgan fingerprint density at radius 1 is 1.50 bits per heavy atom. The lowest BCUT2D eigenvalue weighted by molar-refractivity contribution is -0.135. The van der Waals surface area contributed by atoms with E-state index >= 15 is 0 Å². The molecule has 0 radical (unpaired) electrons. The Hall–Kier alpha value is -1.89. The molecule has 2 rings (SSSR count). The first-order valence-electron chi connectivity index (χ1n) is 6.74. The molecule has 110 valence electrons. The van der Waals surface area contributed by atoms with Crippen LogP contribution < -0.4 is 9.80 Å². The summed E-state index contributed by atoms with van der Waals surface area (Å²) in [6.45, 7) is 0.842. The standard InChI is InChI=1S/C13H20N4O3/c1-16(7-13(19)20)11-6-12(15-9-14-11)17-5-3-2-4-10(17)8-18/h6,9-10,18H,2-5,7-8H2,1H3,(H,19,20). The van der Waals surface area contributed by atoms with E-state index in [1.807, 2.05) is 0 Å². The number of anilines is 2. The molecule has 1 unspecified atom stereocenters. The fourth-order valence-corrected chi connectivity index (χ4v) is 2.48. The maximum Gasteiger partial charge on any atom is 0.323 e. The minimum Gasteiger partial charge on any atom is -0.480 e. The molecule has 0 aromatic carbocycles. The molecule has 0 amide bonds. The smallest absolute Gasteiger partial charge is 0.323 e. The summed E-state index contributed by atoms with van der Waals surface area (Å²) in [6.07, 6.45) is 4.56. The highest BCUT2D eigenvalue weighted by Crippen LogP contribution is 2.24.